The van der Waals surface area contributed by atoms with Gasteiger partial charge in [-0.3, -0.25) is 15.4 Å². The number of carbonyl (C=O) groups is 2. The van der Waals surface area contributed by atoms with Crippen LogP contribution in [0, 0.1) is 5.82 Å². The molecule has 0 aliphatic carbocycles. The maximum Gasteiger partial charge on any atom is 0.416 e. The van der Waals surface area contributed by atoms with E-state index in [1.807, 2.05) is 5.32 Å². The van der Waals surface area contributed by atoms with Gasteiger partial charge in [0.2, 0.25) is 0 Å². The van der Waals surface area contributed by atoms with E-state index in [2.05, 4.69) is 35.8 Å². The van der Waals surface area contributed by atoms with E-state index in [4.69, 9.17) is 4.74 Å². The van der Waals surface area contributed by atoms with Crippen molar-refractivity contribution in [2.75, 3.05) is 10.6 Å². The molecule has 0 saturated heterocycles. The Bertz CT molecular complexity index is 1690. The normalized spacial score (nSPS) is 11.3. The first-order chi connectivity index (χ1) is 19.2. The number of nitrogens with one attached hydrogen (secondary N) is 4. The van der Waals surface area contributed by atoms with Crippen molar-refractivity contribution < 1.29 is 31.9 Å². The molecule has 16 heteroatoms. The van der Waals surface area contributed by atoms with Crippen molar-refractivity contribution in [3.63, 3.8) is 0 Å². The number of amides is 3. The number of fused-ring (bicyclic) bond motifs is 1. The van der Waals surface area contributed by atoms with E-state index < -0.39 is 35.4 Å². The fourth-order valence-electron chi connectivity index (χ4n) is 3.41. The molecular weight excluding hydrogens is 556 g/mol. The Morgan fingerprint density at radius 2 is 1.90 bits per heavy atom. The lowest BCUT2D eigenvalue weighted by Crippen LogP contribution is -2.26. The molecule has 5 rings (SSSR count). The Morgan fingerprint density at radius 3 is 2.67 bits per heavy atom. The number of hydrogen-bond acceptors (Lipinski definition) is 8. The molecule has 0 spiro atoms. The van der Waals surface area contributed by atoms with Crippen LogP contribution in [0.15, 0.2) is 61.1 Å². The van der Waals surface area contributed by atoms with Crippen molar-refractivity contribution in [2.45, 2.75) is 12.7 Å². The number of rotatable bonds is 6. The van der Waals surface area contributed by atoms with Crippen molar-refractivity contribution in [3.05, 3.63) is 78.1 Å². The molecule has 0 aliphatic rings. The molecule has 3 amide bonds. The summed E-state index contributed by atoms with van der Waals surface area (Å²) in [5.41, 5.74) is -0.513. The van der Waals surface area contributed by atoms with Gasteiger partial charge in [-0.25, -0.2) is 23.9 Å². The number of H-pyrrole nitrogens is 1. The molecule has 204 valence electrons. The van der Waals surface area contributed by atoms with E-state index in [1.165, 1.54) is 18.5 Å². The number of anilines is 2. The van der Waals surface area contributed by atoms with Gasteiger partial charge < -0.3 is 15.4 Å². The van der Waals surface area contributed by atoms with Crippen molar-refractivity contribution in [2.24, 2.45) is 0 Å². The minimum Gasteiger partial charge on any atom is -0.409 e. The van der Waals surface area contributed by atoms with E-state index in [0.29, 0.717) is 45.5 Å². The molecule has 0 aliphatic heterocycles. The van der Waals surface area contributed by atoms with Gasteiger partial charge in [-0.15, -0.1) is 0 Å². The van der Waals surface area contributed by atoms with Crippen LogP contribution in [-0.4, -0.2) is 37.3 Å². The summed E-state index contributed by atoms with van der Waals surface area (Å²) in [5.74, 6) is -0.899. The fraction of sp³-hybridized carbons (Fsp3) is 0.0833. The number of alkyl halides is 3. The summed E-state index contributed by atoms with van der Waals surface area (Å²) in [6, 6.07) is 7.40. The smallest absolute Gasteiger partial charge is 0.409 e. The van der Waals surface area contributed by atoms with E-state index in [1.54, 1.807) is 24.4 Å². The molecule has 40 heavy (non-hydrogen) atoms. The summed E-state index contributed by atoms with van der Waals surface area (Å²) in [7, 11) is 0. The van der Waals surface area contributed by atoms with Gasteiger partial charge in [0, 0.05) is 18.5 Å². The predicted octanol–water partition coefficient (Wildman–Crippen LogP) is 5.57. The highest BCUT2D eigenvalue weighted by Gasteiger charge is 2.31. The Morgan fingerprint density at radius 1 is 1.05 bits per heavy atom. The summed E-state index contributed by atoms with van der Waals surface area (Å²) >= 11 is 0.965. The average Bonchev–Trinajstić information content (AvgIpc) is 3.58. The molecule has 4 aromatic heterocycles. The summed E-state index contributed by atoms with van der Waals surface area (Å²) in [6.07, 6.45) is -1.05. The Hall–Kier alpha value is -5.12. The van der Waals surface area contributed by atoms with E-state index in [0.717, 1.165) is 11.3 Å². The van der Waals surface area contributed by atoms with Crippen molar-refractivity contribution in [1.29, 1.82) is 0 Å². The predicted molar refractivity (Wildman–Crippen MR) is 136 cm³/mol. The number of ether oxygens (including phenoxy) is 1. The number of hydrogen-bond donors (Lipinski definition) is 4. The maximum absolute atomic E-state index is 14.0. The molecule has 0 atom stereocenters. The summed E-state index contributed by atoms with van der Waals surface area (Å²) in [6.45, 7) is 0.141. The largest absolute Gasteiger partial charge is 0.416 e. The molecule has 0 radical (unpaired) electrons. The van der Waals surface area contributed by atoms with Crippen LogP contribution in [0.25, 0.3) is 21.6 Å². The molecule has 0 fully saturated rings. The highest BCUT2D eigenvalue weighted by molar-refractivity contribution is 7.19. The van der Waals surface area contributed by atoms with Gasteiger partial charge in [0.05, 0.1) is 45.6 Å². The minimum absolute atomic E-state index is 0.0435. The highest BCUT2D eigenvalue weighted by Crippen LogP contribution is 2.34. The molecule has 4 heterocycles. The number of halogens is 4. The molecule has 0 bridgehead atoms. The van der Waals surface area contributed by atoms with Crippen molar-refractivity contribution in [1.82, 2.24) is 30.5 Å². The third-order valence-electron chi connectivity index (χ3n) is 5.25. The summed E-state index contributed by atoms with van der Waals surface area (Å²) in [4.78, 5) is 37.8. The zero-order valence-corrected chi connectivity index (χ0v) is 20.7. The molecule has 0 unspecified atom stereocenters. The Labute approximate surface area is 225 Å². The first kappa shape index (κ1) is 26.5. The van der Waals surface area contributed by atoms with Crippen LogP contribution >= 0.6 is 11.3 Å². The van der Waals surface area contributed by atoms with Crippen molar-refractivity contribution in [3.8, 4) is 16.3 Å². The number of aromatic amines is 1. The van der Waals surface area contributed by atoms with Gasteiger partial charge in [-0.2, -0.15) is 18.3 Å². The van der Waals surface area contributed by atoms with Gasteiger partial charge in [-0.1, -0.05) is 17.4 Å². The first-order valence-electron chi connectivity index (χ1n) is 11.3. The van der Waals surface area contributed by atoms with Gasteiger partial charge in [0.25, 0.3) is 0 Å². The molecular formula is C24H16F4N8O3S. The van der Waals surface area contributed by atoms with Gasteiger partial charge in [0.15, 0.2) is 10.8 Å². The van der Waals surface area contributed by atoms with E-state index >= 15 is 0 Å². The van der Waals surface area contributed by atoms with Gasteiger partial charge in [0.1, 0.15) is 11.6 Å². The fourth-order valence-corrected chi connectivity index (χ4v) is 4.18. The van der Waals surface area contributed by atoms with E-state index in [9.17, 15) is 27.2 Å². The average molecular weight is 573 g/mol. The van der Waals surface area contributed by atoms with Gasteiger partial charge in [-0.05, 0) is 30.3 Å². The van der Waals surface area contributed by atoms with Crippen LogP contribution < -0.4 is 20.7 Å². The van der Waals surface area contributed by atoms with Crippen LogP contribution in [0.5, 0.6) is 5.75 Å². The first-order valence-corrected chi connectivity index (χ1v) is 12.1. The number of nitrogens with zero attached hydrogens (tertiary/aromatic N) is 4. The highest BCUT2D eigenvalue weighted by atomic mass is 32.1. The number of benzene rings is 1. The number of carbonyl (C=O) groups excluding carboxylic acids is 2. The second kappa shape index (κ2) is 10.9. The standard InChI is InChI=1S/C24H16F4N8O3S/c25-15-5-4-12(24(26,27)28)7-16(15)34-21(37)35-22-30-11-19(40-22)17-8-18(14-10-32-36-20(14)33-17)39-23(38)31-9-13-3-1-2-6-29-13/h1-8,10-11H,9H2,(H,31,38)(H,32,33,36)(H2,30,34,35,37). The molecule has 4 N–H and O–H groups in total. The SMILES string of the molecule is O=C(Nc1ncc(-c2cc(OC(=O)NCc3ccccn3)c3cn[nH]c3n2)s1)Nc1cc(C(F)(F)F)ccc1F. The number of thiazole rings is 1. The van der Waals surface area contributed by atoms with Crippen LogP contribution in [0.4, 0.5) is 38.0 Å². The lowest BCUT2D eigenvalue weighted by Gasteiger charge is -2.11. The van der Waals surface area contributed by atoms with Crippen LogP contribution in [0.3, 0.4) is 0 Å². The molecule has 11 nitrogen and oxygen atoms in total. The number of aromatic nitrogens is 5. The molecule has 0 saturated carbocycles. The lowest BCUT2D eigenvalue weighted by molar-refractivity contribution is -0.137. The molecule has 1 aromatic carbocycles. The van der Waals surface area contributed by atoms with Crippen LogP contribution in [-0.2, 0) is 12.7 Å². The van der Waals surface area contributed by atoms with Crippen LogP contribution in [0.1, 0.15) is 11.3 Å². The maximum atomic E-state index is 14.0. The molecule has 5 aromatic rings. The zero-order chi connectivity index (χ0) is 28.3. The number of urea groups is 1. The van der Waals surface area contributed by atoms with Gasteiger partial charge >= 0.3 is 18.3 Å². The van der Waals surface area contributed by atoms with E-state index in [-0.39, 0.29) is 17.4 Å². The third kappa shape index (κ3) is 6.12. The minimum atomic E-state index is -4.71. The second-order valence-corrected chi connectivity index (χ2v) is 9.03. The van der Waals surface area contributed by atoms with Crippen molar-refractivity contribution >= 4 is 45.3 Å². The second-order valence-electron chi connectivity index (χ2n) is 8.00. The quantitative estimate of drug-likeness (QED) is 0.195. The number of pyridine rings is 2. The third-order valence-corrected chi connectivity index (χ3v) is 6.18. The van der Waals surface area contributed by atoms with Crippen LogP contribution in [0.2, 0.25) is 0 Å². The Balaban J connectivity index is 1.29. The monoisotopic (exact) mass is 572 g/mol. The Kier molecular flexibility index (Phi) is 7.24. The summed E-state index contributed by atoms with van der Waals surface area (Å²) < 4.78 is 58.2. The lowest BCUT2D eigenvalue weighted by atomic mass is 10.2. The summed E-state index contributed by atoms with van der Waals surface area (Å²) in [5, 5.41) is 14.1. The zero-order valence-electron chi connectivity index (χ0n) is 19.9. The topological polar surface area (TPSA) is 147 Å².